The Kier molecular flexibility index (Phi) is 4.41. The highest BCUT2D eigenvalue weighted by molar-refractivity contribution is 5.93. The Hall–Kier alpha value is -2.29. The van der Waals surface area contributed by atoms with Crippen LogP contribution in [0.15, 0.2) is 10.9 Å². The first-order valence-corrected chi connectivity index (χ1v) is 6.77. The summed E-state index contributed by atoms with van der Waals surface area (Å²) in [6.07, 6.45) is 3.16. The van der Waals surface area contributed by atoms with Gasteiger partial charge in [-0.25, -0.2) is 4.79 Å². The average molecular weight is 275 g/mol. The average Bonchev–Trinajstić information content (AvgIpc) is 2.47. The van der Waals surface area contributed by atoms with Gasteiger partial charge in [0.2, 0.25) is 5.56 Å². The third kappa shape index (κ3) is 2.82. The third-order valence-electron chi connectivity index (χ3n) is 3.30. The highest BCUT2D eigenvalue weighted by Crippen LogP contribution is 2.23. The standard InChI is InChI=1S/C14H17N3O3/c1-2-20-14(19)10-8-12(18)16-13(11(10)9-15)17-6-4-3-5-7-17/h8H,2-7H2,1H3,(H,16,18). The first kappa shape index (κ1) is 14.1. The van der Waals surface area contributed by atoms with E-state index in [-0.39, 0.29) is 17.7 Å². The first-order valence-electron chi connectivity index (χ1n) is 6.77. The number of nitrogens with one attached hydrogen (secondary N) is 1. The fourth-order valence-electron chi connectivity index (χ4n) is 2.38. The van der Waals surface area contributed by atoms with Crippen LogP contribution in [-0.4, -0.2) is 30.6 Å². The summed E-state index contributed by atoms with van der Waals surface area (Å²) in [6, 6.07) is 3.14. The molecular formula is C14H17N3O3. The molecule has 1 fully saturated rings. The summed E-state index contributed by atoms with van der Waals surface area (Å²) in [7, 11) is 0. The zero-order valence-corrected chi connectivity index (χ0v) is 11.4. The van der Waals surface area contributed by atoms with E-state index in [2.05, 4.69) is 4.98 Å². The van der Waals surface area contributed by atoms with Crippen LogP contribution in [0, 0.1) is 11.3 Å². The normalized spacial score (nSPS) is 14.7. The van der Waals surface area contributed by atoms with Crippen molar-refractivity contribution in [2.24, 2.45) is 0 Å². The van der Waals surface area contributed by atoms with Gasteiger partial charge in [0.15, 0.2) is 0 Å². The smallest absolute Gasteiger partial charge is 0.339 e. The van der Waals surface area contributed by atoms with Gasteiger partial charge in [-0.05, 0) is 26.2 Å². The van der Waals surface area contributed by atoms with E-state index in [4.69, 9.17) is 4.74 Å². The Morgan fingerprint density at radius 2 is 2.15 bits per heavy atom. The van der Waals surface area contributed by atoms with Gasteiger partial charge in [-0.3, -0.25) is 4.79 Å². The van der Waals surface area contributed by atoms with Crippen LogP contribution in [-0.2, 0) is 4.74 Å². The van der Waals surface area contributed by atoms with Crippen molar-refractivity contribution in [3.8, 4) is 6.07 Å². The van der Waals surface area contributed by atoms with Gasteiger partial charge in [-0.15, -0.1) is 0 Å². The molecule has 2 heterocycles. The van der Waals surface area contributed by atoms with Gasteiger partial charge in [-0.2, -0.15) is 5.26 Å². The van der Waals surface area contributed by atoms with E-state index < -0.39 is 11.5 Å². The number of hydrogen-bond acceptors (Lipinski definition) is 5. The molecule has 1 N–H and O–H groups in total. The number of piperidine rings is 1. The number of H-pyrrole nitrogens is 1. The quantitative estimate of drug-likeness (QED) is 0.843. The number of rotatable bonds is 3. The van der Waals surface area contributed by atoms with Gasteiger partial charge in [0.1, 0.15) is 17.5 Å². The zero-order valence-electron chi connectivity index (χ0n) is 11.4. The molecule has 0 radical (unpaired) electrons. The number of carbonyl (C=O) groups is 1. The van der Waals surface area contributed by atoms with E-state index in [1.54, 1.807) is 6.92 Å². The Balaban J connectivity index is 2.48. The molecule has 1 saturated heterocycles. The van der Waals surface area contributed by atoms with Gasteiger partial charge in [0.05, 0.1) is 12.2 Å². The number of anilines is 1. The minimum atomic E-state index is -0.631. The minimum Gasteiger partial charge on any atom is -0.462 e. The number of aromatic nitrogens is 1. The maximum absolute atomic E-state index is 11.9. The number of esters is 1. The summed E-state index contributed by atoms with van der Waals surface area (Å²) in [5.74, 6) is -0.198. The maximum Gasteiger partial charge on any atom is 0.339 e. The number of hydrogen-bond donors (Lipinski definition) is 1. The highest BCUT2D eigenvalue weighted by Gasteiger charge is 2.22. The van der Waals surface area contributed by atoms with E-state index in [0.717, 1.165) is 38.4 Å². The fourth-order valence-corrected chi connectivity index (χ4v) is 2.38. The lowest BCUT2D eigenvalue weighted by Crippen LogP contribution is -2.33. The van der Waals surface area contributed by atoms with Gasteiger partial charge in [0.25, 0.3) is 0 Å². The number of aromatic amines is 1. The van der Waals surface area contributed by atoms with Crippen molar-refractivity contribution in [3.05, 3.63) is 27.5 Å². The molecule has 0 atom stereocenters. The van der Waals surface area contributed by atoms with Crippen molar-refractivity contribution >= 4 is 11.8 Å². The van der Waals surface area contributed by atoms with Crippen LogP contribution >= 0.6 is 0 Å². The van der Waals surface area contributed by atoms with E-state index in [9.17, 15) is 14.9 Å². The molecular weight excluding hydrogens is 258 g/mol. The summed E-state index contributed by atoms with van der Waals surface area (Å²) in [5.41, 5.74) is -0.170. The van der Waals surface area contributed by atoms with Crippen molar-refractivity contribution in [2.75, 3.05) is 24.6 Å². The summed E-state index contributed by atoms with van der Waals surface area (Å²) < 4.78 is 4.91. The van der Waals surface area contributed by atoms with Crippen molar-refractivity contribution in [2.45, 2.75) is 26.2 Å². The van der Waals surface area contributed by atoms with Crippen LogP contribution in [0.3, 0.4) is 0 Å². The van der Waals surface area contributed by atoms with E-state index in [1.807, 2.05) is 11.0 Å². The molecule has 0 unspecified atom stereocenters. The van der Waals surface area contributed by atoms with Crippen LogP contribution in [0.1, 0.15) is 42.1 Å². The Morgan fingerprint density at radius 1 is 1.45 bits per heavy atom. The van der Waals surface area contributed by atoms with Gasteiger partial charge in [-0.1, -0.05) is 0 Å². The summed E-state index contributed by atoms with van der Waals surface area (Å²) in [4.78, 5) is 28.2. The second-order valence-corrected chi connectivity index (χ2v) is 4.65. The van der Waals surface area contributed by atoms with Crippen molar-refractivity contribution < 1.29 is 9.53 Å². The molecule has 1 aliphatic rings. The van der Waals surface area contributed by atoms with Gasteiger partial charge < -0.3 is 14.6 Å². The molecule has 0 spiro atoms. The largest absolute Gasteiger partial charge is 0.462 e. The summed E-state index contributed by atoms with van der Waals surface area (Å²) in [6.45, 7) is 3.44. The summed E-state index contributed by atoms with van der Waals surface area (Å²) >= 11 is 0. The van der Waals surface area contributed by atoms with E-state index >= 15 is 0 Å². The van der Waals surface area contributed by atoms with Crippen LogP contribution in [0.25, 0.3) is 0 Å². The van der Waals surface area contributed by atoms with Crippen molar-refractivity contribution in [3.63, 3.8) is 0 Å². The lowest BCUT2D eigenvalue weighted by Gasteiger charge is -2.29. The molecule has 0 aliphatic carbocycles. The Morgan fingerprint density at radius 3 is 2.75 bits per heavy atom. The fraction of sp³-hybridized carbons (Fsp3) is 0.500. The molecule has 20 heavy (non-hydrogen) atoms. The summed E-state index contributed by atoms with van der Waals surface area (Å²) in [5, 5.41) is 9.33. The second kappa shape index (κ2) is 6.24. The van der Waals surface area contributed by atoms with E-state index in [0.29, 0.717) is 5.82 Å². The van der Waals surface area contributed by atoms with Crippen LogP contribution in [0.4, 0.5) is 5.82 Å². The Labute approximate surface area is 117 Å². The topological polar surface area (TPSA) is 86.2 Å². The number of pyridine rings is 1. The number of nitrogens with zero attached hydrogens (tertiary/aromatic N) is 2. The zero-order chi connectivity index (χ0) is 14.5. The number of carbonyl (C=O) groups excluding carboxylic acids is 1. The van der Waals surface area contributed by atoms with Crippen LogP contribution in [0.2, 0.25) is 0 Å². The number of ether oxygens (including phenoxy) is 1. The van der Waals surface area contributed by atoms with Crippen molar-refractivity contribution in [1.82, 2.24) is 4.98 Å². The molecule has 6 nitrogen and oxygen atoms in total. The molecule has 2 rings (SSSR count). The van der Waals surface area contributed by atoms with E-state index in [1.165, 1.54) is 0 Å². The third-order valence-corrected chi connectivity index (χ3v) is 3.30. The van der Waals surface area contributed by atoms with Crippen molar-refractivity contribution in [1.29, 1.82) is 5.26 Å². The first-order chi connectivity index (χ1) is 9.67. The molecule has 0 aromatic carbocycles. The SMILES string of the molecule is CCOC(=O)c1cc(=O)[nH]c(N2CCCCC2)c1C#N. The van der Waals surface area contributed by atoms with Gasteiger partial charge >= 0.3 is 5.97 Å². The maximum atomic E-state index is 11.9. The lowest BCUT2D eigenvalue weighted by atomic mass is 10.1. The highest BCUT2D eigenvalue weighted by atomic mass is 16.5. The predicted molar refractivity (Wildman–Crippen MR) is 73.8 cm³/mol. The molecule has 1 aromatic heterocycles. The van der Waals surface area contributed by atoms with Crippen LogP contribution in [0.5, 0.6) is 0 Å². The molecule has 1 aliphatic heterocycles. The Bertz CT molecular complexity index is 595. The van der Waals surface area contributed by atoms with Crippen LogP contribution < -0.4 is 10.5 Å². The molecule has 6 heteroatoms. The molecule has 0 bridgehead atoms. The molecule has 1 aromatic rings. The van der Waals surface area contributed by atoms with Gasteiger partial charge in [0, 0.05) is 19.2 Å². The monoisotopic (exact) mass is 275 g/mol. The number of nitriles is 1. The second-order valence-electron chi connectivity index (χ2n) is 4.65. The molecule has 0 amide bonds. The predicted octanol–water partition coefficient (Wildman–Crippen LogP) is 1.41. The lowest BCUT2D eigenvalue weighted by molar-refractivity contribution is 0.0525. The molecule has 0 saturated carbocycles. The molecule has 106 valence electrons. The minimum absolute atomic E-state index is 0.0404.